The molecule has 0 bridgehead atoms. The van der Waals surface area contributed by atoms with Crippen LogP contribution in [0.5, 0.6) is 0 Å². The lowest BCUT2D eigenvalue weighted by atomic mass is 10.4. The average Bonchev–Trinajstić information content (AvgIpc) is 3.06. The molecule has 5 heteroatoms. The number of hydrogen-bond donors (Lipinski definition) is 2. The molecule has 5 nitrogen and oxygen atoms in total. The van der Waals surface area contributed by atoms with Gasteiger partial charge in [-0.1, -0.05) is 0 Å². The third-order valence-electron chi connectivity index (χ3n) is 2.61. The van der Waals surface area contributed by atoms with Gasteiger partial charge in [0.05, 0.1) is 13.2 Å². The van der Waals surface area contributed by atoms with Crippen LogP contribution in [0.1, 0.15) is 19.3 Å². The Morgan fingerprint density at radius 2 is 2.06 bits per heavy atom. The van der Waals surface area contributed by atoms with Crippen molar-refractivity contribution in [2.45, 2.75) is 25.3 Å². The fraction of sp³-hybridized carbons (Fsp3) is 0.917. The monoisotopic (exact) mass is 243 g/mol. The average molecular weight is 243 g/mol. The molecule has 0 atom stereocenters. The van der Waals surface area contributed by atoms with Crippen LogP contribution in [-0.4, -0.2) is 63.8 Å². The summed E-state index contributed by atoms with van der Waals surface area (Å²) >= 11 is 0. The maximum Gasteiger partial charge on any atom is 0.221 e. The molecule has 0 aromatic rings. The SMILES string of the molecule is CN(C)CCOCCNC(=O)CCNC1CC1. The second kappa shape index (κ2) is 8.44. The standard InChI is InChI=1S/C12H25N3O2/c1-15(2)8-10-17-9-7-14-12(16)5-6-13-11-3-4-11/h11,13H,3-10H2,1-2H3,(H,14,16). The minimum absolute atomic E-state index is 0.106. The smallest absolute Gasteiger partial charge is 0.221 e. The Morgan fingerprint density at radius 1 is 1.29 bits per heavy atom. The van der Waals surface area contributed by atoms with Crippen LogP contribution in [0.2, 0.25) is 0 Å². The Kier molecular flexibility index (Phi) is 7.16. The van der Waals surface area contributed by atoms with Gasteiger partial charge in [-0.3, -0.25) is 4.79 Å². The van der Waals surface area contributed by atoms with Crippen LogP contribution in [0, 0.1) is 0 Å². The number of rotatable bonds is 10. The molecular formula is C12H25N3O2. The van der Waals surface area contributed by atoms with E-state index in [0.29, 0.717) is 32.2 Å². The van der Waals surface area contributed by atoms with Gasteiger partial charge in [0.2, 0.25) is 5.91 Å². The lowest BCUT2D eigenvalue weighted by Gasteiger charge is -2.10. The summed E-state index contributed by atoms with van der Waals surface area (Å²) in [6, 6.07) is 0.678. The fourth-order valence-electron chi connectivity index (χ4n) is 1.38. The van der Waals surface area contributed by atoms with E-state index in [0.717, 1.165) is 13.1 Å². The van der Waals surface area contributed by atoms with E-state index in [9.17, 15) is 4.79 Å². The Bertz CT molecular complexity index is 218. The van der Waals surface area contributed by atoms with E-state index in [4.69, 9.17) is 4.74 Å². The zero-order chi connectivity index (χ0) is 12.5. The minimum Gasteiger partial charge on any atom is -0.378 e. The van der Waals surface area contributed by atoms with Crippen molar-refractivity contribution in [1.82, 2.24) is 15.5 Å². The highest BCUT2D eigenvalue weighted by atomic mass is 16.5. The number of nitrogens with zero attached hydrogens (tertiary/aromatic N) is 1. The van der Waals surface area contributed by atoms with E-state index in [1.165, 1.54) is 12.8 Å². The molecular weight excluding hydrogens is 218 g/mol. The summed E-state index contributed by atoms with van der Waals surface area (Å²) in [5, 5.41) is 6.16. The van der Waals surface area contributed by atoms with Crippen molar-refractivity contribution in [1.29, 1.82) is 0 Å². The van der Waals surface area contributed by atoms with Crippen LogP contribution < -0.4 is 10.6 Å². The van der Waals surface area contributed by atoms with Crippen LogP contribution in [0.25, 0.3) is 0 Å². The van der Waals surface area contributed by atoms with Gasteiger partial charge in [0.1, 0.15) is 0 Å². The van der Waals surface area contributed by atoms with Crippen molar-refractivity contribution in [2.24, 2.45) is 0 Å². The quantitative estimate of drug-likeness (QED) is 0.523. The summed E-state index contributed by atoms with van der Waals surface area (Å²) < 4.78 is 5.38. The number of carbonyl (C=O) groups is 1. The van der Waals surface area contributed by atoms with Crippen molar-refractivity contribution in [3.63, 3.8) is 0 Å². The van der Waals surface area contributed by atoms with Crippen LogP contribution in [0.15, 0.2) is 0 Å². The summed E-state index contributed by atoms with van der Waals surface area (Å²) in [6.07, 6.45) is 3.09. The first-order chi connectivity index (χ1) is 8.18. The Hall–Kier alpha value is -0.650. The Balaban J connectivity index is 1.79. The molecule has 0 heterocycles. The van der Waals surface area contributed by atoms with E-state index < -0.39 is 0 Å². The predicted molar refractivity (Wildman–Crippen MR) is 68.0 cm³/mol. The topological polar surface area (TPSA) is 53.6 Å². The van der Waals surface area contributed by atoms with E-state index in [2.05, 4.69) is 15.5 Å². The van der Waals surface area contributed by atoms with Crippen LogP contribution in [0.3, 0.4) is 0 Å². The van der Waals surface area contributed by atoms with Gasteiger partial charge in [0, 0.05) is 32.1 Å². The van der Waals surface area contributed by atoms with Crippen molar-refractivity contribution >= 4 is 5.91 Å². The molecule has 0 saturated heterocycles. The molecule has 1 aliphatic rings. The van der Waals surface area contributed by atoms with Gasteiger partial charge < -0.3 is 20.3 Å². The molecule has 0 spiro atoms. The van der Waals surface area contributed by atoms with Gasteiger partial charge in [-0.25, -0.2) is 0 Å². The Labute approximate surface area is 104 Å². The lowest BCUT2D eigenvalue weighted by Crippen LogP contribution is -2.31. The van der Waals surface area contributed by atoms with E-state index in [1.807, 2.05) is 14.1 Å². The predicted octanol–water partition coefficient (Wildman–Crippen LogP) is -0.177. The van der Waals surface area contributed by atoms with Gasteiger partial charge in [-0.2, -0.15) is 0 Å². The van der Waals surface area contributed by atoms with Gasteiger partial charge in [-0.05, 0) is 26.9 Å². The first kappa shape index (κ1) is 14.4. The number of carbonyl (C=O) groups excluding carboxylic acids is 1. The molecule has 1 amide bonds. The van der Waals surface area contributed by atoms with E-state index in [-0.39, 0.29) is 5.91 Å². The fourth-order valence-corrected chi connectivity index (χ4v) is 1.38. The van der Waals surface area contributed by atoms with Crippen LogP contribution in [0.4, 0.5) is 0 Å². The van der Waals surface area contributed by atoms with Gasteiger partial charge in [0.15, 0.2) is 0 Å². The molecule has 1 saturated carbocycles. The number of ether oxygens (including phenoxy) is 1. The lowest BCUT2D eigenvalue weighted by molar-refractivity contribution is -0.121. The van der Waals surface area contributed by atoms with Gasteiger partial charge in [-0.15, -0.1) is 0 Å². The van der Waals surface area contributed by atoms with E-state index in [1.54, 1.807) is 0 Å². The molecule has 0 radical (unpaired) electrons. The van der Waals surface area contributed by atoms with E-state index >= 15 is 0 Å². The molecule has 1 aliphatic carbocycles. The molecule has 100 valence electrons. The highest BCUT2D eigenvalue weighted by Crippen LogP contribution is 2.18. The van der Waals surface area contributed by atoms with Crippen molar-refractivity contribution < 1.29 is 9.53 Å². The summed E-state index contributed by atoms with van der Waals surface area (Å²) in [5.41, 5.74) is 0. The number of hydrogen-bond acceptors (Lipinski definition) is 4. The zero-order valence-corrected chi connectivity index (χ0v) is 11.0. The number of nitrogens with one attached hydrogen (secondary N) is 2. The molecule has 1 fully saturated rings. The Morgan fingerprint density at radius 3 is 2.71 bits per heavy atom. The second-order valence-electron chi connectivity index (χ2n) is 4.74. The molecule has 0 aromatic carbocycles. The highest BCUT2D eigenvalue weighted by Gasteiger charge is 2.19. The molecule has 2 N–H and O–H groups in total. The third-order valence-corrected chi connectivity index (χ3v) is 2.61. The highest BCUT2D eigenvalue weighted by molar-refractivity contribution is 5.76. The normalized spacial score (nSPS) is 15.2. The number of amides is 1. The summed E-state index contributed by atoms with van der Waals surface area (Å²) in [7, 11) is 4.02. The van der Waals surface area contributed by atoms with Crippen molar-refractivity contribution in [3.8, 4) is 0 Å². The third kappa shape index (κ3) is 9.09. The van der Waals surface area contributed by atoms with Crippen molar-refractivity contribution in [2.75, 3.05) is 46.9 Å². The maximum absolute atomic E-state index is 11.4. The largest absolute Gasteiger partial charge is 0.378 e. The maximum atomic E-state index is 11.4. The van der Waals surface area contributed by atoms with Crippen LogP contribution in [-0.2, 0) is 9.53 Å². The molecule has 0 unspecified atom stereocenters. The number of likely N-dealkylation sites (N-methyl/N-ethyl adjacent to an activating group) is 1. The summed E-state index contributed by atoms with van der Waals surface area (Å²) in [4.78, 5) is 13.4. The summed E-state index contributed by atoms with van der Waals surface area (Å²) in [5.74, 6) is 0.106. The summed E-state index contributed by atoms with van der Waals surface area (Å²) in [6.45, 7) is 3.62. The minimum atomic E-state index is 0.106. The second-order valence-corrected chi connectivity index (χ2v) is 4.74. The first-order valence-corrected chi connectivity index (χ1v) is 6.41. The molecule has 0 aliphatic heterocycles. The molecule has 17 heavy (non-hydrogen) atoms. The zero-order valence-electron chi connectivity index (χ0n) is 11.0. The van der Waals surface area contributed by atoms with Gasteiger partial charge >= 0.3 is 0 Å². The van der Waals surface area contributed by atoms with Gasteiger partial charge in [0.25, 0.3) is 0 Å². The van der Waals surface area contributed by atoms with Crippen molar-refractivity contribution in [3.05, 3.63) is 0 Å². The molecule has 0 aromatic heterocycles. The molecule has 1 rings (SSSR count). The first-order valence-electron chi connectivity index (χ1n) is 6.41. The van der Waals surface area contributed by atoms with Crippen LogP contribution >= 0.6 is 0 Å².